The summed E-state index contributed by atoms with van der Waals surface area (Å²) < 4.78 is 29.3. The molecule has 19 heavy (non-hydrogen) atoms. The van der Waals surface area contributed by atoms with Crippen LogP contribution in [-0.2, 0) is 10.2 Å². The summed E-state index contributed by atoms with van der Waals surface area (Å²) in [6.45, 7) is 4.27. The zero-order chi connectivity index (χ0) is 14.5. The lowest BCUT2D eigenvalue weighted by molar-refractivity contribution is 0.271. The second kappa shape index (κ2) is 7.02. The first kappa shape index (κ1) is 16.9. The van der Waals surface area contributed by atoms with Gasteiger partial charge in [0.1, 0.15) is 0 Å². The van der Waals surface area contributed by atoms with E-state index in [1.165, 1.54) is 10.7 Å². The third-order valence-corrected chi connectivity index (χ3v) is 6.31. The minimum atomic E-state index is -3.45. The fourth-order valence-corrected chi connectivity index (χ4v) is 4.38. The Labute approximate surface area is 118 Å². The van der Waals surface area contributed by atoms with Crippen molar-refractivity contribution < 1.29 is 8.42 Å². The van der Waals surface area contributed by atoms with Crippen LogP contribution in [0.3, 0.4) is 0 Å². The Hall–Kier alpha value is -0.170. The summed E-state index contributed by atoms with van der Waals surface area (Å²) in [6.07, 6.45) is 6.79. The second-order valence-corrected chi connectivity index (χ2v) is 7.34. The van der Waals surface area contributed by atoms with E-state index in [9.17, 15) is 8.42 Å². The van der Waals surface area contributed by atoms with Crippen molar-refractivity contribution >= 4 is 10.2 Å². The Bertz CT molecular complexity index is 352. The molecule has 0 unspecified atom stereocenters. The van der Waals surface area contributed by atoms with Crippen LogP contribution in [-0.4, -0.2) is 37.9 Å². The van der Waals surface area contributed by atoms with E-state index in [1.807, 2.05) is 13.8 Å². The highest BCUT2D eigenvalue weighted by molar-refractivity contribution is 7.87. The number of hydrogen-bond donors (Lipinski definition) is 2. The Morgan fingerprint density at radius 3 is 2.16 bits per heavy atom. The summed E-state index contributed by atoms with van der Waals surface area (Å²) in [6, 6.07) is 0.135. The van der Waals surface area contributed by atoms with Crippen molar-refractivity contribution in [1.29, 1.82) is 0 Å². The highest BCUT2D eigenvalue weighted by Gasteiger charge is 2.34. The summed E-state index contributed by atoms with van der Waals surface area (Å²) in [7, 11) is -1.77. The maximum atomic E-state index is 12.5. The lowest BCUT2D eigenvalue weighted by atomic mass is 9.95. The summed E-state index contributed by atoms with van der Waals surface area (Å²) in [5, 5.41) is 0. The molecule has 3 N–H and O–H groups in total. The van der Waals surface area contributed by atoms with Gasteiger partial charge in [0.25, 0.3) is 10.2 Å². The average molecular weight is 291 g/mol. The predicted molar refractivity (Wildman–Crippen MR) is 79.1 cm³/mol. The molecule has 1 aliphatic rings. The van der Waals surface area contributed by atoms with Gasteiger partial charge in [-0.2, -0.15) is 17.4 Å². The summed E-state index contributed by atoms with van der Waals surface area (Å²) in [5.41, 5.74) is 5.26. The maximum Gasteiger partial charge on any atom is 0.279 e. The molecule has 1 aliphatic carbocycles. The molecule has 6 heteroatoms. The number of nitrogens with one attached hydrogen (secondary N) is 1. The molecule has 1 fully saturated rings. The zero-order valence-corrected chi connectivity index (χ0v) is 13.3. The first-order valence-electron chi connectivity index (χ1n) is 7.38. The van der Waals surface area contributed by atoms with Gasteiger partial charge < -0.3 is 5.73 Å². The van der Waals surface area contributed by atoms with Crippen molar-refractivity contribution in [2.75, 3.05) is 13.6 Å². The van der Waals surface area contributed by atoms with Gasteiger partial charge in [0.05, 0.1) is 0 Å². The van der Waals surface area contributed by atoms with Crippen molar-refractivity contribution in [3.8, 4) is 0 Å². The predicted octanol–water partition coefficient (Wildman–Crippen LogP) is 1.60. The molecule has 0 radical (unpaired) electrons. The smallest absolute Gasteiger partial charge is 0.279 e. The summed E-state index contributed by atoms with van der Waals surface area (Å²) in [4.78, 5) is 0. The molecule has 0 atom stereocenters. The van der Waals surface area contributed by atoms with E-state index >= 15 is 0 Å². The van der Waals surface area contributed by atoms with Gasteiger partial charge in [0, 0.05) is 25.2 Å². The molecule has 0 saturated heterocycles. The van der Waals surface area contributed by atoms with E-state index in [0.717, 1.165) is 25.7 Å². The van der Waals surface area contributed by atoms with Gasteiger partial charge in [-0.05, 0) is 25.7 Å². The topological polar surface area (TPSA) is 75.4 Å². The van der Waals surface area contributed by atoms with E-state index in [-0.39, 0.29) is 6.04 Å². The Morgan fingerprint density at radius 1 is 1.21 bits per heavy atom. The van der Waals surface area contributed by atoms with Gasteiger partial charge in [-0.3, -0.25) is 0 Å². The van der Waals surface area contributed by atoms with Gasteiger partial charge >= 0.3 is 0 Å². The monoisotopic (exact) mass is 291 g/mol. The van der Waals surface area contributed by atoms with Gasteiger partial charge in [0.15, 0.2) is 0 Å². The first-order valence-corrected chi connectivity index (χ1v) is 8.82. The van der Waals surface area contributed by atoms with E-state index in [1.54, 1.807) is 7.05 Å². The van der Waals surface area contributed by atoms with Crippen LogP contribution in [0.5, 0.6) is 0 Å². The normalized spacial score (nSPS) is 19.0. The largest absolute Gasteiger partial charge is 0.329 e. The highest BCUT2D eigenvalue weighted by atomic mass is 32.2. The van der Waals surface area contributed by atoms with Gasteiger partial charge in [-0.1, -0.05) is 33.1 Å². The zero-order valence-electron chi connectivity index (χ0n) is 12.5. The fraction of sp³-hybridized carbons (Fsp3) is 1.00. The van der Waals surface area contributed by atoms with Crippen molar-refractivity contribution in [1.82, 2.24) is 9.03 Å². The lowest BCUT2D eigenvalue weighted by Gasteiger charge is -2.36. The van der Waals surface area contributed by atoms with Crippen molar-refractivity contribution in [2.24, 2.45) is 5.73 Å². The van der Waals surface area contributed by atoms with Crippen LogP contribution in [0.1, 0.15) is 58.8 Å². The molecule has 0 aromatic carbocycles. The van der Waals surface area contributed by atoms with E-state index < -0.39 is 15.7 Å². The lowest BCUT2D eigenvalue weighted by Crippen LogP contribution is -2.57. The SMILES string of the molecule is CCC(CC)(CN)NS(=O)(=O)N(C)C1CCCCC1. The standard InChI is InChI=1S/C13H29N3O2S/c1-4-13(5-2,11-14)15-19(17,18)16(3)12-9-7-6-8-10-12/h12,15H,4-11,14H2,1-3H3. The molecule has 0 aliphatic heterocycles. The van der Waals surface area contributed by atoms with Crippen LogP contribution in [0.25, 0.3) is 0 Å². The molecule has 0 amide bonds. The number of nitrogens with two attached hydrogens (primary N) is 1. The molecule has 0 bridgehead atoms. The molecule has 1 saturated carbocycles. The van der Waals surface area contributed by atoms with Crippen LogP contribution in [0, 0.1) is 0 Å². The first-order chi connectivity index (χ1) is 8.90. The van der Waals surface area contributed by atoms with Crippen LogP contribution < -0.4 is 10.5 Å². The third-order valence-electron chi connectivity index (χ3n) is 4.56. The van der Waals surface area contributed by atoms with E-state index in [2.05, 4.69) is 4.72 Å². The Morgan fingerprint density at radius 2 is 1.74 bits per heavy atom. The van der Waals surface area contributed by atoms with E-state index in [4.69, 9.17) is 5.73 Å². The molecular weight excluding hydrogens is 262 g/mol. The number of hydrogen-bond acceptors (Lipinski definition) is 3. The Kier molecular flexibility index (Phi) is 6.23. The van der Waals surface area contributed by atoms with Gasteiger partial charge in [-0.15, -0.1) is 0 Å². The van der Waals surface area contributed by atoms with Crippen LogP contribution in [0.4, 0.5) is 0 Å². The van der Waals surface area contributed by atoms with Crippen molar-refractivity contribution in [3.05, 3.63) is 0 Å². The molecule has 114 valence electrons. The number of rotatable bonds is 7. The maximum absolute atomic E-state index is 12.5. The van der Waals surface area contributed by atoms with Crippen molar-refractivity contribution in [3.63, 3.8) is 0 Å². The highest BCUT2D eigenvalue weighted by Crippen LogP contribution is 2.24. The quantitative estimate of drug-likeness (QED) is 0.748. The summed E-state index contributed by atoms with van der Waals surface area (Å²) >= 11 is 0. The molecule has 0 aromatic heterocycles. The van der Waals surface area contributed by atoms with Crippen LogP contribution in [0.15, 0.2) is 0 Å². The molecule has 1 rings (SSSR count). The minimum absolute atomic E-state index is 0.135. The molecular formula is C13H29N3O2S. The van der Waals surface area contributed by atoms with Crippen molar-refractivity contribution in [2.45, 2.75) is 70.4 Å². The minimum Gasteiger partial charge on any atom is -0.329 e. The molecule has 0 spiro atoms. The van der Waals surface area contributed by atoms with Crippen LogP contribution >= 0.6 is 0 Å². The molecule has 0 aromatic rings. The van der Waals surface area contributed by atoms with E-state index in [0.29, 0.717) is 19.4 Å². The number of nitrogens with zero attached hydrogens (tertiary/aromatic N) is 1. The Balaban J connectivity index is 2.78. The fourth-order valence-electron chi connectivity index (χ4n) is 2.71. The van der Waals surface area contributed by atoms with Gasteiger partial charge in [-0.25, -0.2) is 0 Å². The molecule has 5 nitrogen and oxygen atoms in total. The molecule has 0 heterocycles. The third kappa shape index (κ3) is 4.15. The van der Waals surface area contributed by atoms with Crippen LogP contribution in [0.2, 0.25) is 0 Å². The van der Waals surface area contributed by atoms with Gasteiger partial charge in [0.2, 0.25) is 0 Å². The average Bonchev–Trinajstić information content (AvgIpc) is 2.45. The summed E-state index contributed by atoms with van der Waals surface area (Å²) in [5.74, 6) is 0. The second-order valence-electron chi connectivity index (χ2n) is 5.61.